The van der Waals surface area contributed by atoms with E-state index in [4.69, 9.17) is 0 Å². The third kappa shape index (κ3) is 6.94. The molecule has 0 aliphatic heterocycles. The second-order valence-corrected chi connectivity index (χ2v) is 5.74. The minimum absolute atomic E-state index is 0.854. The molecule has 1 aromatic rings. The number of aryl methyl sites for hydroxylation is 1. The van der Waals surface area contributed by atoms with Crippen molar-refractivity contribution in [2.45, 2.75) is 6.92 Å². The summed E-state index contributed by atoms with van der Waals surface area (Å²) in [6, 6.07) is 10.3. The van der Waals surface area contributed by atoms with Crippen molar-refractivity contribution in [1.82, 2.24) is 3.71 Å². The molecule has 0 radical (unpaired) electrons. The average molecular weight is 233 g/mol. The molecule has 0 aliphatic rings. The summed E-state index contributed by atoms with van der Waals surface area (Å²) in [6.45, 7) is 2.08. The third-order valence-electron chi connectivity index (χ3n) is 1.42. The Morgan fingerprint density at radius 3 is 1.71 bits per heavy atom. The summed E-state index contributed by atoms with van der Waals surface area (Å²) in [7, 11) is -1.68. The van der Waals surface area contributed by atoms with Gasteiger partial charge in [-0.1, -0.05) is 48.7 Å². The zero-order chi connectivity index (χ0) is 11.2. The number of rotatable bonds is 1. The first-order valence-corrected chi connectivity index (χ1v) is 6.23. The van der Waals surface area contributed by atoms with E-state index in [1.807, 2.05) is 18.2 Å². The van der Waals surface area contributed by atoms with E-state index in [1.54, 1.807) is 0 Å². The van der Waals surface area contributed by atoms with Crippen molar-refractivity contribution in [3.63, 3.8) is 0 Å². The minimum Gasteiger partial charge on any atom is -0.212 e. The molecule has 0 heterocycles. The summed E-state index contributed by atoms with van der Waals surface area (Å²) < 4.78 is 21.2. The molecule has 0 aromatic heterocycles. The van der Waals surface area contributed by atoms with Gasteiger partial charge in [0, 0.05) is 7.05 Å². The van der Waals surface area contributed by atoms with Gasteiger partial charge in [0.05, 0.1) is 6.26 Å². The van der Waals surface area contributed by atoms with Crippen molar-refractivity contribution in [3.05, 3.63) is 35.9 Å². The molecule has 0 fully saturated rings. The van der Waals surface area contributed by atoms with Crippen LogP contribution >= 0.6 is 12.8 Å². The molecule has 5 heteroatoms. The Morgan fingerprint density at radius 1 is 1.21 bits per heavy atom. The zero-order valence-electron chi connectivity index (χ0n) is 8.51. The molecule has 3 nitrogen and oxygen atoms in total. The summed E-state index contributed by atoms with van der Waals surface area (Å²) in [5, 5.41) is 0. The maximum atomic E-state index is 10.2. The van der Waals surface area contributed by atoms with Crippen LogP contribution in [0.4, 0.5) is 0 Å². The van der Waals surface area contributed by atoms with Gasteiger partial charge >= 0.3 is 0 Å². The molecule has 0 saturated carbocycles. The van der Waals surface area contributed by atoms with E-state index in [1.165, 1.54) is 12.6 Å². The van der Waals surface area contributed by atoms with Gasteiger partial charge in [0.25, 0.3) is 0 Å². The number of thiol groups is 1. The van der Waals surface area contributed by atoms with E-state index in [0.29, 0.717) is 0 Å². The van der Waals surface area contributed by atoms with E-state index in [0.717, 1.165) is 9.97 Å². The lowest BCUT2D eigenvalue weighted by Crippen LogP contribution is -2.14. The molecular formula is C9H15NO2S2. The highest BCUT2D eigenvalue weighted by Crippen LogP contribution is 1.93. The largest absolute Gasteiger partial charge is 0.219 e. The van der Waals surface area contributed by atoms with E-state index >= 15 is 0 Å². The number of benzene rings is 1. The van der Waals surface area contributed by atoms with Gasteiger partial charge in [-0.2, -0.15) is 3.71 Å². The summed E-state index contributed by atoms with van der Waals surface area (Å²) >= 11 is 3.52. The smallest absolute Gasteiger partial charge is 0.212 e. The van der Waals surface area contributed by atoms with Crippen molar-refractivity contribution in [2.24, 2.45) is 0 Å². The van der Waals surface area contributed by atoms with Crippen LogP contribution < -0.4 is 0 Å². The van der Waals surface area contributed by atoms with E-state index < -0.39 is 10.0 Å². The molecule has 14 heavy (non-hydrogen) atoms. The summed E-state index contributed by atoms with van der Waals surface area (Å²) in [4.78, 5) is 0. The molecule has 0 aliphatic carbocycles. The summed E-state index contributed by atoms with van der Waals surface area (Å²) in [5.41, 5.74) is 1.32. The molecule has 0 spiro atoms. The Balaban J connectivity index is 0.000000241. The molecule has 0 unspecified atom stereocenters. The quantitative estimate of drug-likeness (QED) is 0.750. The highest BCUT2D eigenvalue weighted by atomic mass is 32.3. The second-order valence-electron chi connectivity index (χ2n) is 2.85. The van der Waals surface area contributed by atoms with Crippen LogP contribution in [0.2, 0.25) is 0 Å². The SMILES string of the molecule is CN(S)S(C)(=O)=O.Cc1ccccc1. The molecule has 0 atom stereocenters. The Bertz CT molecular complexity index is 346. The predicted molar refractivity (Wildman–Crippen MR) is 62.8 cm³/mol. The topological polar surface area (TPSA) is 37.4 Å². The lowest BCUT2D eigenvalue weighted by molar-refractivity contribution is 0.572. The van der Waals surface area contributed by atoms with Gasteiger partial charge in [-0.3, -0.25) is 0 Å². The molecule has 1 aromatic carbocycles. The van der Waals surface area contributed by atoms with Crippen LogP contribution in [0.15, 0.2) is 30.3 Å². The van der Waals surface area contributed by atoms with Crippen molar-refractivity contribution in [2.75, 3.05) is 13.3 Å². The van der Waals surface area contributed by atoms with Crippen molar-refractivity contribution in [3.8, 4) is 0 Å². The number of hydrogen-bond donors (Lipinski definition) is 1. The maximum Gasteiger partial charge on any atom is 0.219 e. The Kier molecular flexibility index (Phi) is 5.83. The fourth-order valence-corrected chi connectivity index (χ4v) is 0.534. The van der Waals surface area contributed by atoms with Crippen LogP contribution in [0.25, 0.3) is 0 Å². The van der Waals surface area contributed by atoms with Crippen LogP contribution in [0, 0.1) is 6.92 Å². The van der Waals surface area contributed by atoms with Crippen molar-refractivity contribution >= 4 is 22.8 Å². The molecule has 0 saturated heterocycles. The molecule has 0 amide bonds. The first-order chi connectivity index (χ1) is 6.34. The first-order valence-electron chi connectivity index (χ1n) is 3.98. The number of nitrogens with zero attached hydrogens (tertiary/aromatic N) is 1. The van der Waals surface area contributed by atoms with Crippen molar-refractivity contribution < 1.29 is 8.42 Å². The van der Waals surface area contributed by atoms with Crippen LogP contribution in [-0.2, 0) is 10.0 Å². The van der Waals surface area contributed by atoms with E-state index in [9.17, 15) is 8.42 Å². The monoisotopic (exact) mass is 233 g/mol. The van der Waals surface area contributed by atoms with Crippen LogP contribution in [0.3, 0.4) is 0 Å². The Hall–Kier alpha value is -0.520. The van der Waals surface area contributed by atoms with Gasteiger partial charge in [-0.15, -0.1) is 0 Å². The minimum atomic E-state index is -3.04. The lowest BCUT2D eigenvalue weighted by Gasteiger charge is -2.01. The number of sulfonamides is 1. The predicted octanol–water partition coefficient (Wildman–Crippen LogP) is 1.72. The van der Waals surface area contributed by atoms with Crippen LogP contribution in [0.5, 0.6) is 0 Å². The standard InChI is InChI=1S/C7H8.C2H7NO2S2/c1-7-5-3-2-4-6-7;1-3(6)7(2,4)5/h2-6H,1H3;6H,1-2H3. The highest BCUT2D eigenvalue weighted by Gasteiger charge is 2.02. The molecular weight excluding hydrogens is 218 g/mol. The van der Waals surface area contributed by atoms with Gasteiger partial charge in [-0.25, -0.2) is 8.42 Å². The van der Waals surface area contributed by atoms with Crippen molar-refractivity contribution in [1.29, 1.82) is 0 Å². The second kappa shape index (κ2) is 6.06. The molecule has 80 valence electrons. The summed E-state index contributed by atoms with van der Waals surface area (Å²) in [5.74, 6) is 0. The zero-order valence-corrected chi connectivity index (χ0v) is 10.2. The Labute approximate surface area is 91.3 Å². The fraction of sp³-hybridized carbons (Fsp3) is 0.333. The highest BCUT2D eigenvalue weighted by molar-refractivity contribution is 7.99. The third-order valence-corrected chi connectivity index (χ3v) is 3.27. The Morgan fingerprint density at radius 2 is 1.57 bits per heavy atom. The fourth-order valence-electron chi connectivity index (χ4n) is 0.534. The van der Waals surface area contributed by atoms with Gasteiger partial charge in [0.15, 0.2) is 0 Å². The maximum absolute atomic E-state index is 10.2. The lowest BCUT2D eigenvalue weighted by atomic mass is 10.2. The van der Waals surface area contributed by atoms with Gasteiger partial charge in [-0.05, 0) is 6.92 Å². The van der Waals surface area contributed by atoms with Crippen LogP contribution in [0.1, 0.15) is 5.56 Å². The first kappa shape index (κ1) is 13.5. The normalized spacial score (nSPS) is 10.6. The number of hydrogen-bond acceptors (Lipinski definition) is 3. The molecule has 0 bridgehead atoms. The molecule has 1 rings (SSSR count). The van der Waals surface area contributed by atoms with E-state index in [2.05, 4.69) is 31.9 Å². The summed E-state index contributed by atoms with van der Waals surface area (Å²) in [6.07, 6.45) is 1.08. The van der Waals surface area contributed by atoms with E-state index in [-0.39, 0.29) is 0 Å². The van der Waals surface area contributed by atoms with Gasteiger partial charge < -0.3 is 0 Å². The van der Waals surface area contributed by atoms with Gasteiger partial charge in [0.1, 0.15) is 0 Å². The average Bonchev–Trinajstić information content (AvgIpc) is 2.04. The van der Waals surface area contributed by atoms with Crippen LogP contribution in [-0.4, -0.2) is 25.4 Å². The molecule has 0 N–H and O–H groups in total. The van der Waals surface area contributed by atoms with Gasteiger partial charge in [0.2, 0.25) is 10.0 Å².